The van der Waals surface area contributed by atoms with Crippen LogP contribution in [-0.2, 0) is 29.1 Å². The highest BCUT2D eigenvalue weighted by atomic mass is 19.4. The summed E-state index contributed by atoms with van der Waals surface area (Å²) < 4.78 is 127. The molecule has 0 aliphatic heterocycles. The Kier molecular flexibility index (Phi) is 9.71. The molecule has 7 rings (SSSR count). The molecule has 9 nitrogen and oxygen atoms in total. The van der Waals surface area contributed by atoms with E-state index in [1.807, 2.05) is 12.1 Å². The molecule has 280 valence electrons. The van der Waals surface area contributed by atoms with Crippen molar-refractivity contribution in [3.8, 4) is 46.2 Å². The molecule has 0 N–H and O–H groups in total. The van der Waals surface area contributed by atoms with Crippen molar-refractivity contribution in [2.75, 3.05) is 7.11 Å². The van der Waals surface area contributed by atoms with Gasteiger partial charge in [-0.3, -0.25) is 8.80 Å². The van der Waals surface area contributed by atoms with Gasteiger partial charge in [0.1, 0.15) is 17.9 Å². The summed E-state index contributed by atoms with van der Waals surface area (Å²) in [7, 11) is 1.32. The number of nitriles is 3. The normalized spacial score (nSPS) is 13.7. The van der Waals surface area contributed by atoms with Crippen molar-refractivity contribution in [1.29, 1.82) is 15.8 Å². The van der Waals surface area contributed by atoms with Crippen LogP contribution in [0.3, 0.4) is 0 Å². The first-order valence-electron chi connectivity index (χ1n) is 15.8. The van der Waals surface area contributed by atoms with Crippen molar-refractivity contribution in [2.24, 2.45) is 0 Å². The van der Waals surface area contributed by atoms with Crippen LogP contribution in [0.4, 0.5) is 39.5 Å². The average Bonchev–Trinajstić information content (AvgIpc) is 3.69. The van der Waals surface area contributed by atoms with Crippen molar-refractivity contribution in [2.45, 2.75) is 43.6 Å². The number of methoxy groups -OCH3 is 1. The summed E-state index contributed by atoms with van der Waals surface area (Å²) in [6.45, 7) is -0.109. The summed E-state index contributed by atoms with van der Waals surface area (Å²) in [6.07, 6.45) is -10.3. The molecule has 6 aromatic rings. The van der Waals surface area contributed by atoms with Gasteiger partial charge in [0.05, 0.1) is 29.1 Å². The van der Waals surface area contributed by atoms with Crippen LogP contribution in [-0.4, -0.2) is 32.2 Å². The predicted octanol–water partition coefficient (Wildman–Crippen LogP) is 9.38. The number of benzene rings is 2. The molecule has 0 bridgehead atoms. The van der Waals surface area contributed by atoms with Crippen molar-refractivity contribution in [3.63, 3.8) is 0 Å². The molecule has 55 heavy (non-hydrogen) atoms. The van der Waals surface area contributed by atoms with Gasteiger partial charge in [0.2, 0.25) is 11.6 Å². The first-order chi connectivity index (χ1) is 25.9. The molecule has 0 amide bonds. The van der Waals surface area contributed by atoms with Gasteiger partial charge < -0.3 is 9.47 Å². The zero-order valence-electron chi connectivity index (χ0n) is 28.0. The molecule has 2 aromatic carbocycles. The Morgan fingerprint density at radius 2 is 1.20 bits per heavy atom. The van der Waals surface area contributed by atoms with E-state index in [2.05, 4.69) is 20.8 Å². The van der Waals surface area contributed by atoms with E-state index in [1.54, 1.807) is 30.3 Å². The highest BCUT2D eigenvalue weighted by Crippen LogP contribution is 2.47. The fourth-order valence-corrected chi connectivity index (χ4v) is 5.96. The van der Waals surface area contributed by atoms with Gasteiger partial charge >= 0.3 is 18.7 Å². The third kappa shape index (κ3) is 7.74. The van der Waals surface area contributed by atoms with Crippen molar-refractivity contribution in [3.05, 3.63) is 113 Å². The quantitative estimate of drug-likeness (QED) is 0.155. The highest BCUT2D eigenvalue weighted by Gasteiger charge is 2.45. The van der Waals surface area contributed by atoms with E-state index >= 15 is 0 Å². The van der Waals surface area contributed by atoms with Crippen LogP contribution < -0.4 is 4.74 Å². The minimum atomic E-state index is -4.89. The Bertz CT molecular complexity index is 2540. The number of fused-ring (bicyclic) bond motifs is 2. The molecule has 1 aliphatic rings. The van der Waals surface area contributed by atoms with Crippen LogP contribution in [0.15, 0.2) is 79.1 Å². The molecule has 1 fully saturated rings. The molecule has 0 atom stereocenters. The summed E-state index contributed by atoms with van der Waals surface area (Å²) in [5.41, 5.74) is 2.09. The maximum atomic E-state index is 13.3. The lowest BCUT2D eigenvalue weighted by molar-refractivity contribution is -0.274. The topological polar surface area (TPSA) is 124 Å². The van der Waals surface area contributed by atoms with E-state index in [4.69, 9.17) is 15.3 Å². The Morgan fingerprint density at radius 1 is 0.691 bits per heavy atom. The fraction of sp³-hybridized carbons (Fsp3) is 0.216. The second kappa shape index (κ2) is 14.0. The Balaban J connectivity index is 0.000000188. The third-order valence-electron chi connectivity index (χ3n) is 8.65. The molecule has 1 saturated carbocycles. The standard InChI is InChI=1S/C19H11F3N4.C18H11F6N3O2/c20-19(21,22)17-25-15(9-23)16-6-3-13(10-26(16)17)12-1-4-14(5-2-12)18(11-24)7-8-18;1-28-9-11-6-12(29-18(22,23)24)3-4-13(11)10-2-5-15-14(7-25)26-16(17(19,20)21)27(15)8-10/h1-6,10H,7-8H2;2-6,8H,9H2,1H3. The van der Waals surface area contributed by atoms with Crippen molar-refractivity contribution >= 4 is 11.0 Å². The number of imidazole rings is 2. The molecule has 1 aliphatic carbocycles. The molecule has 4 aromatic heterocycles. The van der Waals surface area contributed by atoms with Gasteiger partial charge in [-0.05, 0) is 70.5 Å². The minimum absolute atomic E-state index is 0.0473. The lowest BCUT2D eigenvalue weighted by Crippen LogP contribution is -2.17. The number of ether oxygens (including phenoxy) is 2. The lowest BCUT2D eigenvalue weighted by atomic mass is 9.95. The number of pyridine rings is 2. The van der Waals surface area contributed by atoms with Gasteiger partial charge in [-0.1, -0.05) is 42.5 Å². The first kappa shape index (κ1) is 38.2. The number of halogens is 9. The van der Waals surface area contributed by atoms with Crippen LogP contribution in [0, 0.1) is 34.0 Å². The van der Waals surface area contributed by atoms with Crippen molar-refractivity contribution < 1.29 is 49.0 Å². The number of rotatable bonds is 6. The summed E-state index contributed by atoms with van der Waals surface area (Å²) in [5.74, 6) is -2.89. The summed E-state index contributed by atoms with van der Waals surface area (Å²) in [4.78, 5) is 6.75. The van der Waals surface area contributed by atoms with Crippen LogP contribution in [0.5, 0.6) is 5.75 Å². The number of nitrogens with zero attached hydrogens (tertiary/aromatic N) is 7. The minimum Gasteiger partial charge on any atom is -0.406 e. The molecular weight excluding hydrogens is 745 g/mol. The van der Waals surface area contributed by atoms with Crippen LogP contribution in [0.25, 0.3) is 33.3 Å². The van der Waals surface area contributed by atoms with Gasteiger partial charge in [-0.2, -0.15) is 42.1 Å². The number of hydrogen-bond donors (Lipinski definition) is 0. The largest absolute Gasteiger partial charge is 0.573 e. The van der Waals surface area contributed by atoms with E-state index in [0.29, 0.717) is 11.1 Å². The van der Waals surface area contributed by atoms with Gasteiger partial charge in [0.15, 0.2) is 11.4 Å². The number of hydrogen-bond acceptors (Lipinski definition) is 7. The summed E-state index contributed by atoms with van der Waals surface area (Å²) >= 11 is 0. The maximum Gasteiger partial charge on any atom is 0.573 e. The van der Waals surface area contributed by atoms with Gasteiger partial charge in [0.25, 0.3) is 0 Å². The van der Waals surface area contributed by atoms with E-state index in [0.717, 1.165) is 51.1 Å². The molecule has 0 unspecified atom stereocenters. The fourth-order valence-electron chi connectivity index (χ4n) is 5.96. The molecule has 18 heteroatoms. The van der Waals surface area contributed by atoms with E-state index < -0.39 is 47.2 Å². The average molecular weight is 768 g/mol. The van der Waals surface area contributed by atoms with E-state index in [-0.39, 0.29) is 34.5 Å². The molecular formula is C37H22F9N7O2. The van der Waals surface area contributed by atoms with E-state index in [1.165, 1.54) is 37.6 Å². The molecule has 0 saturated heterocycles. The number of alkyl halides is 9. The van der Waals surface area contributed by atoms with Gasteiger partial charge in [-0.15, -0.1) is 13.2 Å². The van der Waals surface area contributed by atoms with Crippen LogP contribution >= 0.6 is 0 Å². The molecule has 0 spiro atoms. The monoisotopic (exact) mass is 767 g/mol. The third-order valence-corrected chi connectivity index (χ3v) is 8.65. The highest BCUT2D eigenvalue weighted by molar-refractivity contribution is 5.72. The molecule has 0 radical (unpaired) electrons. The smallest absolute Gasteiger partial charge is 0.406 e. The maximum absolute atomic E-state index is 13.3. The zero-order chi connectivity index (χ0) is 39.9. The number of aromatic nitrogens is 4. The van der Waals surface area contributed by atoms with Crippen LogP contribution in [0.2, 0.25) is 0 Å². The Morgan fingerprint density at radius 3 is 1.65 bits per heavy atom. The lowest BCUT2D eigenvalue weighted by Gasteiger charge is -2.14. The second-order valence-corrected chi connectivity index (χ2v) is 12.2. The van der Waals surface area contributed by atoms with Crippen molar-refractivity contribution in [1.82, 2.24) is 18.8 Å². The predicted molar refractivity (Wildman–Crippen MR) is 175 cm³/mol. The van der Waals surface area contributed by atoms with Gasteiger partial charge in [-0.25, -0.2) is 9.97 Å². The zero-order valence-corrected chi connectivity index (χ0v) is 28.0. The molecule has 4 heterocycles. The van der Waals surface area contributed by atoms with Crippen LogP contribution in [0.1, 0.15) is 47.0 Å². The first-order valence-corrected chi connectivity index (χ1v) is 15.8. The Hall–Kier alpha value is -6.58. The second-order valence-electron chi connectivity index (χ2n) is 12.2. The summed E-state index contributed by atoms with van der Waals surface area (Å²) in [5, 5.41) is 27.3. The SMILES string of the molecule is COCc1cc(OC(F)(F)F)ccc1-c1ccc2c(C#N)nc(C(F)(F)F)n2c1.N#Cc1nc(C(F)(F)F)n2cc(-c3ccc(C4(C#N)CC4)cc3)ccc12. The van der Waals surface area contributed by atoms with Gasteiger partial charge in [0, 0.05) is 19.5 Å². The Labute approximate surface area is 304 Å². The van der Waals surface area contributed by atoms with E-state index in [9.17, 15) is 44.8 Å². The summed E-state index contributed by atoms with van der Waals surface area (Å²) in [6, 6.07) is 22.2.